The number of likely N-dealkylation sites (tertiary alicyclic amines) is 1. The van der Waals surface area contributed by atoms with Crippen molar-refractivity contribution in [1.29, 1.82) is 0 Å². The van der Waals surface area contributed by atoms with E-state index in [0.717, 1.165) is 54.0 Å². The highest BCUT2D eigenvalue weighted by Gasteiger charge is 2.27. The molecule has 1 unspecified atom stereocenters. The van der Waals surface area contributed by atoms with Gasteiger partial charge in [0.25, 0.3) is 0 Å². The first kappa shape index (κ1) is 21.0. The molecule has 32 heavy (non-hydrogen) atoms. The Hall–Kier alpha value is -2.82. The lowest BCUT2D eigenvalue weighted by atomic mass is 9.98. The predicted octanol–water partition coefficient (Wildman–Crippen LogP) is 4.67. The van der Waals surface area contributed by atoms with Crippen LogP contribution in [0.5, 0.6) is 5.75 Å². The average Bonchev–Trinajstić information content (AvgIpc) is 3.55. The Balaban J connectivity index is 1.49. The zero-order chi connectivity index (χ0) is 22.1. The van der Waals surface area contributed by atoms with Gasteiger partial charge in [-0.3, -0.25) is 9.47 Å². The molecule has 10 heteroatoms. The minimum Gasteiger partial charge on any atom is -0.495 e. The average molecular weight is 469 g/mol. The summed E-state index contributed by atoms with van der Waals surface area (Å²) in [7, 11) is 1.67. The molecule has 4 aromatic rings. The molecule has 166 valence electrons. The molecule has 4 heterocycles. The number of aromatic nitrogens is 5. The number of para-hydroxylation sites is 2. The van der Waals surface area contributed by atoms with E-state index in [-0.39, 0.29) is 5.92 Å². The number of hydrogen-bond donors (Lipinski definition) is 0. The molecule has 1 aliphatic heterocycles. The first-order chi connectivity index (χ1) is 15.6. The summed E-state index contributed by atoms with van der Waals surface area (Å²) in [5.41, 5.74) is 0.882. The highest BCUT2D eigenvalue weighted by atomic mass is 32.1. The zero-order valence-electron chi connectivity index (χ0n) is 18.0. The molecule has 1 aromatic carbocycles. The summed E-state index contributed by atoms with van der Waals surface area (Å²) in [6, 6.07) is 12.0. The Bertz CT molecular complexity index is 1260. The zero-order valence-corrected chi connectivity index (χ0v) is 19.6. The minimum atomic E-state index is 0.229. The van der Waals surface area contributed by atoms with E-state index >= 15 is 0 Å². The van der Waals surface area contributed by atoms with Crippen molar-refractivity contribution in [2.75, 3.05) is 20.2 Å². The van der Waals surface area contributed by atoms with Crippen LogP contribution >= 0.6 is 23.6 Å². The quantitative estimate of drug-likeness (QED) is 0.381. The van der Waals surface area contributed by atoms with E-state index in [1.54, 1.807) is 18.4 Å². The third-order valence-electron chi connectivity index (χ3n) is 5.64. The molecule has 0 N–H and O–H groups in total. The number of rotatable bonds is 6. The van der Waals surface area contributed by atoms with E-state index in [2.05, 4.69) is 21.1 Å². The molecule has 8 nitrogen and oxygen atoms in total. The Morgan fingerprint density at radius 3 is 2.88 bits per heavy atom. The van der Waals surface area contributed by atoms with Gasteiger partial charge in [-0.05, 0) is 62.1 Å². The number of nitrogens with zero attached hydrogens (tertiary/aromatic N) is 6. The second-order valence-corrected chi connectivity index (χ2v) is 9.14. The summed E-state index contributed by atoms with van der Waals surface area (Å²) < 4.78 is 15.6. The van der Waals surface area contributed by atoms with Crippen LogP contribution in [0, 0.1) is 11.7 Å². The molecule has 0 bridgehead atoms. The molecular weight excluding hydrogens is 444 g/mol. The van der Waals surface area contributed by atoms with Gasteiger partial charge >= 0.3 is 0 Å². The van der Waals surface area contributed by atoms with Crippen LogP contribution in [0.3, 0.4) is 0 Å². The molecule has 1 saturated heterocycles. The van der Waals surface area contributed by atoms with E-state index < -0.39 is 0 Å². The number of ether oxygens (including phenoxy) is 1. The summed E-state index contributed by atoms with van der Waals surface area (Å²) in [6.45, 7) is 4.26. The molecule has 3 aromatic heterocycles. The summed E-state index contributed by atoms with van der Waals surface area (Å²) in [4.78, 5) is 7.84. The van der Waals surface area contributed by atoms with Crippen LogP contribution in [0.4, 0.5) is 0 Å². The van der Waals surface area contributed by atoms with Gasteiger partial charge in [-0.15, -0.1) is 16.4 Å². The molecule has 1 atom stereocenters. The maximum atomic E-state index is 5.92. The minimum absolute atomic E-state index is 0.229. The molecule has 0 amide bonds. The highest BCUT2D eigenvalue weighted by molar-refractivity contribution is 7.71. The van der Waals surface area contributed by atoms with Crippen LogP contribution in [0.15, 0.2) is 46.3 Å². The van der Waals surface area contributed by atoms with Crippen molar-refractivity contribution in [2.45, 2.75) is 32.4 Å². The second kappa shape index (κ2) is 8.97. The van der Waals surface area contributed by atoms with Gasteiger partial charge in [-0.25, -0.2) is 4.68 Å². The fourth-order valence-electron chi connectivity index (χ4n) is 4.15. The van der Waals surface area contributed by atoms with Crippen molar-refractivity contribution in [1.82, 2.24) is 29.4 Å². The fraction of sp³-hybridized carbons (Fsp3) is 0.364. The molecule has 0 radical (unpaired) electrons. The molecule has 5 rings (SSSR count). The molecule has 0 spiro atoms. The van der Waals surface area contributed by atoms with E-state index in [9.17, 15) is 0 Å². The maximum absolute atomic E-state index is 5.92. The number of piperidine rings is 1. The van der Waals surface area contributed by atoms with Crippen molar-refractivity contribution in [3.05, 3.63) is 58.3 Å². The lowest BCUT2D eigenvalue weighted by molar-refractivity contribution is 0.143. The van der Waals surface area contributed by atoms with Gasteiger partial charge in [0.2, 0.25) is 10.7 Å². The summed E-state index contributed by atoms with van der Waals surface area (Å²) in [5.74, 6) is 3.19. The SMILES string of the molecule is COc1ccccc1-n1c(-c2cccs2)nn(CN2CCCC(c3nc(C)no3)C2)c1=S. The second-order valence-electron chi connectivity index (χ2n) is 7.83. The first-order valence-electron chi connectivity index (χ1n) is 10.5. The monoisotopic (exact) mass is 468 g/mol. The molecule has 1 aliphatic rings. The standard InChI is InChI=1S/C22H24N6O2S2/c1-15-23-21(30-25-15)16-7-5-11-26(13-16)14-27-22(31)28(17-8-3-4-9-18(17)29-2)20(24-27)19-10-6-12-32-19/h3-4,6,8-10,12,16H,5,7,11,13-14H2,1-2H3. The number of aryl methyl sites for hydroxylation is 1. The molecule has 0 saturated carbocycles. The Morgan fingerprint density at radius 1 is 1.25 bits per heavy atom. The maximum Gasteiger partial charge on any atom is 0.231 e. The van der Waals surface area contributed by atoms with Crippen molar-refractivity contribution in [3.8, 4) is 22.1 Å². The number of hydrogen-bond acceptors (Lipinski definition) is 8. The Morgan fingerprint density at radius 2 is 2.12 bits per heavy atom. The Labute approximate surface area is 195 Å². The summed E-state index contributed by atoms with van der Waals surface area (Å²) >= 11 is 7.56. The molecule has 1 fully saturated rings. The number of thiophene rings is 1. The van der Waals surface area contributed by atoms with Gasteiger partial charge in [0.15, 0.2) is 11.6 Å². The van der Waals surface area contributed by atoms with Crippen LogP contribution in [-0.4, -0.2) is 49.6 Å². The van der Waals surface area contributed by atoms with Crippen molar-refractivity contribution >= 4 is 23.6 Å². The van der Waals surface area contributed by atoms with Crippen molar-refractivity contribution in [2.24, 2.45) is 0 Å². The van der Waals surface area contributed by atoms with Crippen LogP contribution in [0.2, 0.25) is 0 Å². The van der Waals surface area contributed by atoms with Crippen molar-refractivity contribution in [3.63, 3.8) is 0 Å². The number of methoxy groups -OCH3 is 1. The summed E-state index contributed by atoms with van der Waals surface area (Å²) in [5, 5.41) is 10.9. The molecular formula is C22H24N6O2S2. The number of benzene rings is 1. The van der Waals surface area contributed by atoms with E-state index in [0.29, 0.717) is 17.3 Å². The third-order valence-corrected chi connectivity index (χ3v) is 6.90. The van der Waals surface area contributed by atoms with Gasteiger partial charge in [-0.1, -0.05) is 23.4 Å². The van der Waals surface area contributed by atoms with Crippen LogP contribution < -0.4 is 4.74 Å². The van der Waals surface area contributed by atoms with Crippen molar-refractivity contribution < 1.29 is 9.26 Å². The topological polar surface area (TPSA) is 74.1 Å². The largest absolute Gasteiger partial charge is 0.495 e. The lowest BCUT2D eigenvalue weighted by Crippen LogP contribution is -2.36. The molecule has 0 aliphatic carbocycles. The van der Waals surface area contributed by atoms with E-state index in [1.807, 2.05) is 51.9 Å². The van der Waals surface area contributed by atoms with Gasteiger partial charge in [0.1, 0.15) is 5.75 Å². The van der Waals surface area contributed by atoms with Gasteiger partial charge < -0.3 is 9.26 Å². The smallest absolute Gasteiger partial charge is 0.231 e. The predicted molar refractivity (Wildman–Crippen MR) is 125 cm³/mol. The Kier molecular flexibility index (Phi) is 5.90. The van der Waals surface area contributed by atoms with Crippen LogP contribution in [-0.2, 0) is 6.67 Å². The highest BCUT2D eigenvalue weighted by Crippen LogP contribution is 2.31. The third kappa shape index (κ3) is 4.01. The summed E-state index contributed by atoms with van der Waals surface area (Å²) in [6.07, 6.45) is 2.10. The van der Waals surface area contributed by atoms with Gasteiger partial charge in [0.05, 0.1) is 30.3 Å². The van der Waals surface area contributed by atoms with Crippen LogP contribution in [0.25, 0.3) is 16.4 Å². The first-order valence-corrected chi connectivity index (χ1v) is 11.8. The lowest BCUT2D eigenvalue weighted by Gasteiger charge is -2.30. The van der Waals surface area contributed by atoms with Crippen LogP contribution in [0.1, 0.15) is 30.5 Å². The van der Waals surface area contributed by atoms with Gasteiger partial charge in [-0.2, -0.15) is 4.98 Å². The fourth-order valence-corrected chi connectivity index (χ4v) is 5.13. The van der Waals surface area contributed by atoms with Gasteiger partial charge in [0, 0.05) is 6.54 Å². The van der Waals surface area contributed by atoms with E-state index in [4.69, 9.17) is 26.6 Å². The normalized spacial score (nSPS) is 17.0. The van der Waals surface area contributed by atoms with E-state index in [1.165, 1.54) is 0 Å².